The van der Waals surface area contributed by atoms with Crippen LogP contribution >= 0.6 is 7.82 Å². The molecule has 0 aliphatic carbocycles. The van der Waals surface area contributed by atoms with Crippen LogP contribution in [0.15, 0.2) is 11.0 Å². The minimum atomic E-state index is -4.20. The molecule has 11 heteroatoms. The van der Waals surface area contributed by atoms with Gasteiger partial charge >= 0.3 is 13.5 Å². The molecule has 116 valence electrons. The van der Waals surface area contributed by atoms with E-state index in [9.17, 15) is 19.4 Å². The molecule has 21 heavy (non-hydrogen) atoms. The van der Waals surface area contributed by atoms with Gasteiger partial charge < -0.3 is 20.5 Å². The summed E-state index contributed by atoms with van der Waals surface area (Å²) in [4.78, 5) is 24.8. The number of nitrogens with zero attached hydrogens (tertiary/aromatic N) is 2. The van der Waals surface area contributed by atoms with E-state index in [0.29, 0.717) is 5.56 Å². The van der Waals surface area contributed by atoms with Gasteiger partial charge in [-0.2, -0.15) is 4.98 Å². The van der Waals surface area contributed by atoms with Gasteiger partial charge in [0.15, 0.2) is 6.23 Å². The molecule has 5 atom stereocenters. The van der Waals surface area contributed by atoms with Gasteiger partial charge in [-0.3, -0.25) is 13.6 Å². The average Bonchev–Trinajstić information content (AvgIpc) is 2.70. The number of nitrogens with two attached hydrogens (primary N) is 1. The highest BCUT2D eigenvalue weighted by molar-refractivity contribution is 7.47. The van der Waals surface area contributed by atoms with Crippen molar-refractivity contribution >= 4 is 13.6 Å². The molecule has 2 saturated heterocycles. The summed E-state index contributed by atoms with van der Waals surface area (Å²) in [5, 5.41) is 10.2. The fraction of sp³-hybridized carbons (Fsp3) is 0.600. The topological polar surface area (TPSA) is 146 Å². The lowest BCUT2D eigenvalue weighted by molar-refractivity contribution is -0.0685. The molecular weight excluding hydrogens is 305 g/mol. The Morgan fingerprint density at radius 2 is 2.29 bits per heavy atom. The minimum Gasteiger partial charge on any atom is -0.386 e. The van der Waals surface area contributed by atoms with Crippen molar-refractivity contribution in [3.63, 3.8) is 0 Å². The van der Waals surface area contributed by atoms with Crippen molar-refractivity contribution in [1.82, 2.24) is 9.55 Å². The number of nitrogen functional groups attached to an aromatic ring is 1. The van der Waals surface area contributed by atoms with Crippen molar-refractivity contribution in [3.05, 3.63) is 22.2 Å². The number of phosphoric ester groups is 1. The third-order valence-electron chi connectivity index (χ3n) is 3.41. The van der Waals surface area contributed by atoms with Gasteiger partial charge in [0.25, 0.3) is 0 Å². The van der Waals surface area contributed by atoms with E-state index < -0.39 is 38.1 Å². The van der Waals surface area contributed by atoms with Crippen LogP contribution in [-0.4, -0.2) is 44.5 Å². The van der Waals surface area contributed by atoms with Gasteiger partial charge in [-0.25, -0.2) is 9.36 Å². The number of fused-ring (bicyclic) bond motifs is 1. The van der Waals surface area contributed by atoms with Crippen molar-refractivity contribution in [3.8, 4) is 0 Å². The number of rotatable bonds is 1. The van der Waals surface area contributed by atoms with Crippen molar-refractivity contribution in [2.45, 2.75) is 31.5 Å². The summed E-state index contributed by atoms with van der Waals surface area (Å²) >= 11 is 0. The van der Waals surface area contributed by atoms with Crippen molar-refractivity contribution in [1.29, 1.82) is 0 Å². The molecule has 2 aliphatic heterocycles. The third kappa shape index (κ3) is 2.50. The molecule has 10 nitrogen and oxygen atoms in total. The Morgan fingerprint density at radius 3 is 3.00 bits per heavy atom. The summed E-state index contributed by atoms with van der Waals surface area (Å²) in [7, 11) is -4.20. The molecule has 0 bridgehead atoms. The molecule has 0 spiro atoms. The van der Waals surface area contributed by atoms with Gasteiger partial charge in [0.05, 0.1) is 6.61 Å². The van der Waals surface area contributed by atoms with Gasteiger partial charge in [0, 0.05) is 11.8 Å². The summed E-state index contributed by atoms with van der Waals surface area (Å²) in [6.07, 6.45) is -2.84. The van der Waals surface area contributed by atoms with Crippen LogP contribution in [0.4, 0.5) is 5.82 Å². The Labute approximate surface area is 118 Å². The second-order valence-corrected chi connectivity index (χ2v) is 6.30. The standard InChI is InChI=1S/C10H14N3O7P/c1-4-2-13(10(15)12-8(4)11)9-6(14)7-5(19-9)3-18-21(16,17)20-7/h2,5-7,9,14H,3H2,1H3,(H,16,17)(H2,11,12,15)/t5?,6-,7?,9-/m1/s1. The van der Waals surface area contributed by atoms with Crippen LogP contribution in [0.5, 0.6) is 0 Å². The van der Waals surface area contributed by atoms with E-state index >= 15 is 0 Å². The maximum Gasteiger partial charge on any atom is 0.472 e. The summed E-state index contributed by atoms with van der Waals surface area (Å²) in [5.41, 5.74) is 5.37. The Balaban J connectivity index is 1.94. The first-order valence-electron chi connectivity index (χ1n) is 6.13. The van der Waals surface area contributed by atoms with Crippen LogP contribution in [-0.2, 0) is 18.3 Å². The molecule has 4 N–H and O–H groups in total. The minimum absolute atomic E-state index is 0.0839. The largest absolute Gasteiger partial charge is 0.472 e. The average molecular weight is 319 g/mol. The first-order chi connectivity index (χ1) is 9.78. The normalized spacial score (nSPS) is 39.2. The summed E-state index contributed by atoms with van der Waals surface area (Å²) < 4.78 is 27.4. The highest BCUT2D eigenvalue weighted by Gasteiger charge is 2.52. The number of aryl methyl sites for hydroxylation is 1. The molecule has 3 heterocycles. The second-order valence-electron chi connectivity index (χ2n) is 4.89. The van der Waals surface area contributed by atoms with Crippen LogP contribution in [0.25, 0.3) is 0 Å². The molecule has 3 rings (SSSR count). The molecule has 0 saturated carbocycles. The summed E-state index contributed by atoms with van der Waals surface area (Å²) in [5.74, 6) is 0.0839. The monoisotopic (exact) mass is 319 g/mol. The van der Waals surface area contributed by atoms with E-state index in [1.807, 2.05) is 0 Å². The Hall–Kier alpha value is -1.29. The van der Waals surface area contributed by atoms with Crippen LogP contribution in [0.3, 0.4) is 0 Å². The predicted octanol–water partition coefficient (Wildman–Crippen LogP) is -1.09. The highest BCUT2D eigenvalue weighted by atomic mass is 31.2. The molecular formula is C10H14N3O7P. The van der Waals surface area contributed by atoms with Crippen LogP contribution < -0.4 is 11.4 Å². The predicted molar refractivity (Wildman–Crippen MR) is 68.2 cm³/mol. The van der Waals surface area contributed by atoms with Crippen LogP contribution in [0.1, 0.15) is 11.8 Å². The number of aliphatic hydroxyl groups is 1. The smallest absolute Gasteiger partial charge is 0.386 e. The molecule has 1 aromatic heterocycles. The maximum absolute atomic E-state index is 11.9. The zero-order valence-corrected chi connectivity index (χ0v) is 11.8. The molecule has 0 amide bonds. The maximum atomic E-state index is 11.9. The number of ether oxygens (including phenoxy) is 1. The number of anilines is 1. The van der Waals surface area contributed by atoms with E-state index in [1.165, 1.54) is 6.20 Å². The van der Waals surface area contributed by atoms with E-state index in [1.54, 1.807) is 6.92 Å². The van der Waals surface area contributed by atoms with E-state index in [0.717, 1.165) is 4.57 Å². The first kappa shape index (κ1) is 14.6. The molecule has 0 radical (unpaired) electrons. The van der Waals surface area contributed by atoms with Gasteiger partial charge in [0.2, 0.25) is 0 Å². The quantitative estimate of drug-likeness (QED) is 0.549. The molecule has 1 aromatic rings. The van der Waals surface area contributed by atoms with E-state index in [4.69, 9.17) is 15.0 Å². The Morgan fingerprint density at radius 1 is 1.57 bits per heavy atom. The number of hydrogen-bond donors (Lipinski definition) is 3. The lowest BCUT2D eigenvalue weighted by Crippen LogP contribution is -2.40. The van der Waals surface area contributed by atoms with Gasteiger partial charge in [0.1, 0.15) is 24.1 Å². The van der Waals surface area contributed by atoms with Crippen molar-refractivity contribution in [2.24, 2.45) is 0 Å². The number of aliphatic hydroxyl groups excluding tert-OH is 1. The lowest BCUT2D eigenvalue weighted by atomic mass is 10.1. The Kier molecular flexibility index (Phi) is 3.40. The molecule has 0 aromatic carbocycles. The van der Waals surface area contributed by atoms with Gasteiger partial charge in [-0.1, -0.05) is 0 Å². The van der Waals surface area contributed by atoms with Crippen LogP contribution in [0.2, 0.25) is 0 Å². The van der Waals surface area contributed by atoms with Gasteiger partial charge in [-0.15, -0.1) is 0 Å². The van der Waals surface area contributed by atoms with E-state index in [-0.39, 0.29) is 12.4 Å². The first-order valence-corrected chi connectivity index (χ1v) is 7.62. The molecule has 2 aliphatic rings. The SMILES string of the molecule is Cc1cn([C@@H]2OC3COP(=O)(O)OC3[C@H]2O)c(=O)nc1N. The summed E-state index contributed by atoms with van der Waals surface area (Å²) in [6, 6.07) is 0. The Bertz CT molecular complexity index is 677. The van der Waals surface area contributed by atoms with Crippen molar-refractivity contribution in [2.75, 3.05) is 12.3 Å². The number of aromatic nitrogens is 2. The third-order valence-corrected chi connectivity index (χ3v) is 4.40. The fourth-order valence-corrected chi connectivity index (χ4v) is 3.29. The fourth-order valence-electron chi connectivity index (χ4n) is 2.33. The second kappa shape index (κ2) is 4.87. The van der Waals surface area contributed by atoms with E-state index in [2.05, 4.69) is 9.51 Å². The lowest BCUT2D eigenvalue weighted by Gasteiger charge is -2.27. The molecule has 3 unspecified atom stereocenters. The molecule has 2 fully saturated rings. The van der Waals surface area contributed by atoms with Gasteiger partial charge in [-0.05, 0) is 6.92 Å². The summed E-state index contributed by atoms with van der Waals surface area (Å²) in [6.45, 7) is 1.43. The van der Waals surface area contributed by atoms with Crippen molar-refractivity contribution < 1.29 is 28.3 Å². The highest BCUT2D eigenvalue weighted by Crippen LogP contribution is 2.52. The number of hydrogen-bond acceptors (Lipinski definition) is 8. The number of phosphoric acid groups is 1. The zero-order chi connectivity index (χ0) is 15.4. The zero-order valence-electron chi connectivity index (χ0n) is 10.9. The van der Waals surface area contributed by atoms with Crippen LogP contribution in [0, 0.1) is 6.92 Å².